The molecule has 0 N–H and O–H groups in total. The van der Waals surface area contributed by atoms with Gasteiger partial charge in [0.25, 0.3) is 0 Å². The number of fused-ring (bicyclic) bond motifs is 3. The quantitative estimate of drug-likeness (QED) is 0.575. The molecule has 0 saturated heterocycles. The smallest absolute Gasteiger partial charge is 0.163 e. The molecular weight excluding hydrogens is 302 g/mol. The van der Waals surface area contributed by atoms with Crippen molar-refractivity contribution in [2.24, 2.45) is 0 Å². The molecule has 5 nitrogen and oxygen atoms in total. The van der Waals surface area contributed by atoms with E-state index in [0.29, 0.717) is 11.5 Å². The van der Waals surface area contributed by atoms with Crippen LogP contribution in [0.5, 0.6) is 11.5 Å². The van der Waals surface area contributed by atoms with E-state index in [9.17, 15) is 0 Å². The van der Waals surface area contributed by atoms with Crippen LogP contribution < -0.4 is 9.47 Å². The van der Waals surface area contributed by atoms with Crippen molar-refractivity contribution in [1.82, 2.24) is 14.6 Å². The second-order valence-corrected chi connectivity index (χ2v) is 5.70. The number of ether oxygens (including phenoxy) is 2. The lowest BCUT2D eigenvalue weighted by molar-refractivity contribution is 0.356. The maximum absolute atomic E-state index is 5.38. The van der Waals surface area contributed by atoms with Gasteiger partial charge >= 0.3 is 0 Å². The first-order valence-corrected chi connectivity index (χ1v) is 7.67. The van der Waals surface area contributed by atoms with Gasteiger partial charge in [0, 0.05) is 24.0 Å². The minimum atomic E-state index is 0.659. The maximum Gasteiger partial charge on any atom is 0.163 e. The fourth-order valence-corrected chi connectivity index (χ4v) is 2.83. The molecule has 0 aliphatic heterocycles. The van der Waals surface area contributed by atoms with Crippen LogP contribution in [0.3, 0.4) is 0 Å². The highest BCUT2D eigenvalue weighted by Gasteiger charge is 2.13. The van der Waals surface area contributed by atoms with E-state index >= 15 is 0 Å². The van der Waals surface area contributed by atoms with E-state index in [0.717, 1.165) is 27.7 Å². The van der Waals surface area contributed by atoms with Gasteiger partial charge in [-0.25, -0.2) is 9.50 Å². The third-order valence-electron chi connectivity index (χ3n) is 4.15. The number of hydrogen-bond acceptors (Lipinski definition) is 4. The monoisotopic (exact) mass is 319 g/mol. The third-order valence-corrected chi connectivity index (χ3v) is 4.15. The lowest BCUT2D eigenvalue weighted by Crippen LogP contribution is -1.91. The molecule has 0 unspecified atom stereocenters. The molecule has 0 amide bonds. The zero-order valence-electron chi connectivity index (χ0n) is 13.8. The molecule has 4 aromatic rings. The van der Waals surface area contributed by atoms with Gasteiger partial charge in [-0.15, -0.1) is 0 Å². The molecule has 24 heavy (non-hydrogen) atoms. The lowest BCUT2D eigenvalue weighted by Gasteiger charge is -2.06. The van der Waals surface area contributed by atoms with Crippen LogP contribution in [0.1, 0.15) is 5.56 Å². The first-order valence-electron chi connectivity index (χ1n) is 7.67. The van der Waals surface area contributed by atoms with Gasteiger partial charge in [-0.3, -0.25) is 0 Å². The van der Waals surface area contributed by atoms with E-state index in [1.807, 2.05) is 24.5 Å². The van der Waals surface area contributed by atoms with E-state index in [2.05, 4.69) is 41.3 Å². The summed E-state index contributed by atoms with van der Waals surface area (Å²) in [6, 6.07) is 12.1. The summed E-state index contributed by atoms with van der Waals surface area (Å²) in [6.07, 6.45) is 3.86. The Morgan fingerprint density at radius 3 is 2.33 bits per heavy atom. The average molecular weight is 319 g/mol. The lowest BCUT2D eigenvalue weighted by atomic mass is 10.1. The summed E-state index contributed by atoms with van der Waals surface area (Å²) in [4.78, 5) is 4.60. The van der Waals surface area contributed by atoms with Crippen molar-refractivity contribution in [3.05, 3.63) is 54.4 Å². The molecule has 0 spiro atoms. The van der Waals surface area contributed by atoms with E-state index in [1.54, 1.807) is 18.7 Å². The fraction of sp³-hybridized carbons (Fsp3) is 0.158. The summed E-state index contributed by atoms with van der Waals surface area (Å²) < 4.78 is 12.5. The van der Waals surface area contributed by atoms with Gasteiger partial charge in [-0.1, -0.05) is 29.8 Å². The molecule has 0 radical (unpaired) electrons. The van der Waals surface area contributed by atoms with E-state index in [1.165, 1.54) is 5.56 Å². The van der Waals surface area contributed by atoms with E-state index < -0.39 is 0 Å². The van der Waals surface area contributed by atoms with Gasteiger partial charge in [-0.2, -0.15) is 5.10 Å². The van der Waals surface area contributed by atoms with Crippen molar-refractivity contribution in [2.45, 2.75) is 6.92 Å². The highest BCUT2D eigenvalue weighted by atomic mass is 16.5. The number of aryl methyl sites for hydroxylation is 1. The molecule has 2 aromatic heterocycles. The Morgan fingerprint density at radius 2 is 1.62 bits per heavy atom. The summed E-state index contributed by atoms with van der Waals surface area (Å²) in [5, 5.41) is 5.55. The Kier molecular flexibility index (Phi) is 3.34. The molecule has 120 valence electrons. The molecule has 0 fully saturated rings. The zero-order chi connectivity index (χ0) is 16.7. The Balaban J connectivity index is 1.91. The van der Waals surface area contributed by atoms with Crippen LogP contribution in [0.25, 0.3) is 27.7 Å². The van der Waals surface area contributed by atoms with Gasteiger partial charge < -0.3 is 9.47 Å². The van der Waals surface area contributed by atoms with Crippen molar-refractivity contribution >= 4 is 16.6 Å². The standard InChI is InChI=1S/C19H17N3O2/c1-12-4-6-13(7-5-12)14-10-20-19-15-8-17(23-2)18(24-3)9-16(15)21-22(19)11-14/h4-11H,1-3H3. The number of benzene rings is 2. The van der Waals surface area contributed by atoms with Crippen molar-refractivity contribution in [2.75, 3.05) is 14.2 Å². The Bertz CT molecular complexity index is 1040. The third kappa shape index (κ3) is 2.25. The van der Waals surface area contributed by atoms with Crippen molar-refractivity contribution in [3.63, 3.8) is 0 Å². The predicted molar refractivity (Wildman–Crippen MR) is 93.8 cm³/mol. The predicted octanol–water partition coefficient (Wildman–Crippen LogP) is 3.88. The maximum atomic E-state index is 5.38. The number of methoxy groups -OCH3 is 2. The van der Waals surface area contributed by atoms with E-state index in [-0.39, 0.29) is 0 Å². The SMILES string of the molecule is COc1cc2nn3cc(-c4ccc(C)cc4)cnc3c2cc1OC. The largest absolute Gasteiger partial charge is 0.493 e. The second kappa shape index (κ2) is 5.53. The highest BCUT2D eigenvalue weighted by molar-refractivity contribution is 5.94. The molecular formula is C19H17N3O2. The topological polar surface area (TPSA) is 48.7 Å². The first-order chi connectivity index (χ1) is 11.7. The van der Waals surface area contributed by atoms with Crippen molar-refractivity contribution in [3.8, 4) is 22.6 Å². The molecule has 0 saturated carbocycles. The number of aromatic nitrogens is 3. The molecule has 0 atom stereocenters. The molecule has 2 aromatic carbocycles. The average Bonchev–Trinajstić information content (AvgIpc) is 2.97. The summed E-state index contributed by atoms with van der Waals surface area (Å²) in [7, 11) is 3.24. The van der Waals surface area contributed by atoms with Crippen molar-refractivity contribution in [1.29, 1.82) is 0 Å². The number of rotatable bonds is 3. The van der Waals surface area contributed by atoms with Gasteiger partial charge in [-0.05, 0) is 18.6 Å². The van der Waals surface area contributed by atoms with Crippen LogP contribution >= 0.6 is 0 Å². The van der Waals surface area contributed by atoms with Crippen LogP contribution in [0.15, 0.2) is 48.8 Å². The fourth-order valence-electron chi connectivity index (χ4n) is 2.83. The molecule has 0 aliphatic carbocycles. The summed E-state index contributed by atoms with van der Waals surface area (Å²) in [6.45, 7) is 2.08. The van der Waals surface area contributed by atoms with Crippen LogP contribution in [0.2, 0.25) is 0 Å². The zero-order valence-corrected chi connectivity index (χ0v) is 13.8. The second-order valence-electron chi connectivity index (χ2n) is 5.70. The first kappa shape index (κ1) is 14.5. The normalized spacial score (nSPS) is 11.1. The molecule has 0 bridgehead atoms. The van der Waals surface area contributed by atoms with E-state index in [4.69, 9.17) is 9.47 Å². The van der Waals surface area contributed by atoms with Gasteiger partial charge in [0.2, 0.25) is 0 Å². The van der Waals surface area contributed by atoms with Crippen LogP contribution in [0, 0.1) is 6.92 Å². The molecule has 5 heteroatoms. The van der Waals surface area contributed by atoms with Gasteiger partial charge in [0.05, 0.1) is 25.1 Å². The Labute approximate surface area is 139 Å². The molecule has 2 heterocycles. The van der Waals surface area contributed by atoms with Crippen LogP contribution in [-0.2, 0) is 0 Å². The Hall–Kier alpha value is -3.08. The van der Waals surface area contributed by atoms with Crippen LogP contribution in [0.4, 0.5) is 0 Å². The Morgan fingerprint density at radius 1 is 0.917 bits per heavy atom. The van der Waals surface area contributed by atoms with Gasteiger partial charge in [0.15, 0.2) is 17.1 Å². The van der Waals surface area contributed by atoms with Gasteiger partial charge in [0.1, 0.15) is 0 Å². The molecule has 4 rings (SSSR count). The summed E-state index contributed by atoms with van der Waals surface area (Å²) >= 11 is 0. The molecule has 0 aliphatic rings. The minimum absolute atomic E-state index is 0.659. The minimum Gasteiger partial charge on any atom is -0.493 e. The number of nitrogens with zero attached hydrogens (tertiary/aromatic N) is 3. The number of hydrogen-bond donors (Lipinski definition) is 0. The summed E-state index contributed by atoms with van der Waals surface area (Å²) in [5.74, 6) is 1.33. The highest BCUT2D eigenvalue weighted by Crippen LogP contribution is 2.33. The summed E-state index contributed by atoms with van der Waals surface area (Å²) in [5.41, 5.74) is 4.98. The van der Waals surface area contributed by atoms with Crippen molar-refractivity contribution < 1.29 is 9.47 Å². The van der Waals surface area contributed by atoms with Crippen LogP contribution in [-0.4, -0.2) is 28.8 Å².